The first-order chi connectivity index (χ1) is 12.6. The molecule has 0 saturated heterocycles. The number of pyridine rings is 1. The van der Waals surface area contributed by atoms with E-state index in [1.807, 2.05) is 24.4 Å². The Labute approximate surface area is 154 Å². The summed E-state index contributed by atoms with van der Waals surface area (Å²) in [7, 11) is 0. The molecule has 1 aromatic carbocycles. The van der Waals surface area contributed by atoms with Crippen LogP contribution in [0, 0.1) is 6.92 Å². The van der Waals surface area contributed by atoms with E-state index in [0.29, 0.717) is 22.4 Å². The van der Waals surface area contributed by atoms with E-state index in [9.17, 15) is 9.59 Å². The van der Waals surface area contributed by atoms with Crippen molar-refractivity contribution in [3.8, 4) is 0 Å². The quantitative estimate of drug-likeness (QED) is 0.528. The molecule has 3 heterocycles. The Morgan fingerprint density at radius 3 is 2.50 bits per heavy atom. The number of imide groups is 1. The van der Waals surface area contributed by atoms with E-state index in [4.69, 9.17) is 0 Å². The van der Waals surface area contributed by atoms with Crippen molar-refractivity contribution in [2.24, 2.45) is 0 Å². The first-order valence-electron chi connectivity index (χ1n) is 8.13. The molecule has 0 N–H and O–H groups in total. The van der Waals surface area contributed by atoms with Crippen molar-refractivity contribution in [2.75, 3.05) is 0 Å². The molecule has 1 aliphatic heterocycles. The highest BCUT2D eigenvalue weighted by Crippen LogP contribution is 2.31. The van der Waals surface area contributed by atoms with E-state index in [-0.39, 0.29) is 18.4 Å². The Balaban J connectivity index is 1.80. The molecule has 0 spiro atoms. The number of carbonyl (C=O) groups is 2. The summed E-state index contributed by atoms with van der Waals surface area (Å²) in [5.74, 6) is -0.632. The van der Waals surface area contributed by atoms with Gasteiger partial charge in [0.25, 0.3) is 11.8 Å². The molecule has 0 atom stereocenters. The molecule has 3 aromatic rings. The zero-order chi connectivity index (χ0) is 18.1. The molecule has 0 saturated carbocycles. The third kappa shape index (κ3) is 2.95. The molecule has 1 aliphatic rings. The van der Waals surface area contributed by atoms with E-state index < -0.39 is 0 Å². The normalized spacial score (nSPS) is 15.4. The Morgan fingerprint density at radius 2 is 1.81 bits per heavy atom. The van der Waals surface area contributed by atoms with Crippen molar-refractivity contribution in [3.63, 3.8) is 0 Å². The summed E-state index contributed by atoms with van der Waals surface area (Å²) >= 11 is 1.52. The molecule has 0 radical (unpaired) electrons. The lowest BCUT2D eigenvalue weighted by atomic mass is 9.92. The summed E-state index contributed by atoms with van der Waals surface area (Å²) in [5.41, 5.74) is 3.02. The highest BCUT2D eigenvalue weighted by atomic mass is 32.1. The Bertz CT molecular complexity index is 1020. The van der Waals surface area contributed by atoms with Gasteiger partial charge in [0, 0.05) is 22.7 Å². The van der Waals surface area contributed by atoms with Crippen LogP contribution in [0.3, 0.4) is 0 Å². The fraction of sp³-hybridized carbons (Fsp3) is 0.100. The van der Waals surface area contributed by atoms with Gasteiger partial charge in [0.2, 0.25) is 0 Å². The van der Waals surface area contributed by atoms with Crippen molar-refractivity contribution in [2.45, 2.75) is 13.5 Å². The summed E-state index contributed by atoms with van der Waals surface area (Å²) in [5, 5.41) is 2.83. The molecular weight excluding hydrogens is 346 g/mol. The molecule has 26 heavy (non-hydrogen) atoms. The second-order valence-corrected chi connectivity index (χ2v) is 6.97. The van der Waals surface area contributed by atoms with Crippen molar-refractivity contribution in [1.82, 2.24) is 14.9 Å². The number of benzene rings is 1. The van der Waals surface area contributed by atoms with Gasteiger partial charge in [-0.3, -0.25) is 19.5 Å². The molecule has 0 unspecified atom stereocenters. The number of hydrogen-bond donors (Lipinski definition) is 0. The minimum absolute atomic E-state index is 0.139. The zero-order valence-electron chi connectivity index (χ0n) is 14.0. The highest BCUT2D eigenvalue weighted by Gasteiger charge is 2.34. The molecule has 0 bridgehead atoms. The van der Waals surface area contributed by atoms with Crippen molar-refractivity contribution >= 4 is 34.8 Å². The molecule has 5 nitrogen and oxygen atoms in total. The molecule has 6 heteroatoms. The number of hydrogen-bond acceptors (Lipinski definition) is 5. The smallest absolute Gasteiger partial charge is 0.261 e. The van der Waals surface area contributed by atoms with Crippen LogP contribution < -0.4 is 0 Å². The summed E-state index contributed by atoms with van der Waals surface area (Å²) < 4.78 is 0. The molecule has 2 amide bonds. The lowest BCUT2D eigenvalue weighted by Gasteiger charge is -2.28. The van der Waals surface area contributed by atoms with Crippen LogP contribution in [-0.4, -0.2) is 26.7 Å². The summed E-state index contributed by atoms with van der Waals surface area (Å²) in [6, 6.07) is 12.6. The van der Waals surface area contributed by atoms with E-state index in [1.165, 1.54) is 16.2 Å². The van der Waals surface area contributed by atoms with Gasteiger partial charge in [0.15, 0.2) is 0 Å². The van der Waals surface area contributed by atoms with Gasteiger partial charge >= 0.3 is 0 Å². The largest absolute Gasteiger partial charge is 0.269 e. The van der Waals surface area contributed by atoms with E-state index in [2.05, 4.69) is 9.97 Å². The number of amides is 2. The highest BCUT2D eigenvalue weighted by molar-refractivity contribution is 7.09. The van der Waals surface area contributed by atoms with E-state index >= 15 is 0 Å². The Morgan fingerprint density at radius 1 is 1.04 bits per heavy atom. The SMILES string of the molecule is Cc1nc(C=C2C(=O)N(Cc3ccccn3)C(=O)c3ccccc32)cs1. The van der Waals surface area contributed by atoms with Crippen molar-refractivity contribution < 1.29 is 9.59 Å². The molecule has 128 valence electrons. The first kappa shape index (κ1) is 16.4. The van der Waals surface area contributed by atoms with Crippen LogP contribution in [-0.2, 0) is 11.3 Å². The lowest BCUT2D eigenvalue weighted by molar-refractivity contribution is -0.123. The summed E-state index contributed by atoms with van der Waals surface area (Å²) in [4.78, 5) is 35.9. The number of thiazole rings is 1. The minimum atomic E-state index is -0.329. The first-order valence-corrected chi connectivity index (χ1v) is 9.01. The van der Waals surface area contributed by atoms with Crippen LogP contribution in [0.2, 0.25) is 0 Å². The van der Waals surface area contributed by atoms with Gasteiger partial charge in [-0.05, 0) is 31.2 Å². The Kier molecular flexibility index (Phi) is 4.18. The Hall–Kier alpha value is -3.12. The number of rotatable bonds is 3. The predicted molar refractivity (Wildman–Crippen MR) is 100 cm³/mol. The number of aryl methyl sites for hydroxylation is 1. The van der Waals surface area contributed by atoms with Gasteiger partial charge in [-0.25, -0.2) is 4.98 Å². The maximum Gasteiger partial charge on any atom is 0.261 e. The van der Waals surface area contributed by atoms with Gasteiger partial charge in [-0.1, -0.05) is 24.3 Å². The van der Waals surface area contributed by atoms with Crippen LogP contribution in [0.25, 0.3) is 11.6 Å². The fourth-order valence-corrected chi connectivity index (χ4v) is 3.50. The number of aromatic nitrogens is 2. The fourth-order valence-electron chi connectivity index (χ4n) is 2.93. The van der Waals surface area contributed by atoms with Gasteiger partial charge in [-0.15, -0.1) is 11.3 Å². The molecular formula is C20H15N3O2S. The van der Waals surface area contributed by atoms with Crippen molar-refractivity contribution in [3.05, 3.63) is 81.6 Å². The van der Waals surface area contributed by atoms with E-state index in [0.717, 1.165) is 10.7 Å². The molecule has 0 fully saturated rings. The predicted octanol–water partition coefficient (Wildman–Crippen LogP) is 3.57. The third-order valence-electron chi connectivity index (χ3n) is 4.14. The van der Waals surface area contributed by atoms with Gasteiger partial charge < -0.3 is 0 Å². The second kappa shape index (κ2) is 6.65. The summed E-state index contributed by atoms with van der Waals surface area (Å²) in [6.45, 7) is 2.06. The molecule has 2 aromatic heterocycles. The van der Waals surface area contributed by atoms with Crippen LogP contribution in [0.5, 0.6) is 0 Å². The lowest BCUT2D eigenvalue weighted by Crippen LogP contribution is -2.41. The van der Waals surface area contributed by atoms with Crippen LogP contribution >= 0.6 is 11.3 Å². The summed E-state index contributed by atoms with van der Waals surface area (Å²) in [6.07, 6.45) is 3.40. The number of carbonyl (C=O) groups excluding carboxylic acids is 2. The van der Waals surface area contributed by atoms with Crippen LogP contribution in [0.1, 0.15) is 32.3 Å². The van der Waals surface area contributed by atoms with Crippen LogP contribution in [0.15, 0.2) is 54.0 Å². The van der Waals surface area contributed by atoms with Crippen LogP contribution in [0.4, 0.5) is 0 Å². The maximum absolute atomic E-state index is 13.1. The molecule has 4 rings (SSSR count). The van der Waals surface area contributed by atoms with Crippen molar-refractivity contribution in [1.29, 1.82) is 0 Å². The topological polar surface area (TPSA) is 63.2 Å². The monoisotopic (exact) mass is 361 g/mol. The maximum atomic E-state index is 13.1. The van der Waals surface area contributed by atoms with Gasteiger partial charge in [0.05, 0.1) is 28.5 Å². The molecule has 0 aliphatic carbocycles. The minimum Gasteiger partial charge on any atom is -0.269 e. The average molecular weight is 361 g/mol. The zero-order valence-corrected chi connectivity index (χ0v) is 14.9. The van der Waals surface area contributed by atoms with E-state index in [1.54, 1.807) is 42.6 Å². The standard InChI is InChI=1S/C20H15N3O2S/c1-13-22-15(12-26-13)10-18-16-7-2-3-8-17(16)19(24)23(20(18)25)11-14-6-4-5-9-21-14/h2-10,12H,11H2,1H3. The number of nitrogens with zero attached hydrogens (tertiary/aromatic N) is 3. The third-order valence-corrected chi connectivity index (χ3v) is 4.94. The average Bonchev–Trinajstić information content (AvgIpc) is 3.08. The van der Waals surface area contributed by atoms with Gasteiger partial charge in [-0.2, -0.15) is 0 Å². The van der Waals surface area contributed by atoms with Gasteiger partial charge in [0.1, 0.15) is 0 Å². The second-order valence-electron chi connectivity index (χ2n) is 5.91. The number of fused-ring (bicyclic) bond motifs is 1.